The normalized spacial score (nSPS) is 10.7. The van der Waals surface area contributed by atoms with Crippen LogP contribution in [-0.4, -0.2) is 4.98 Å². The second-order valence-electron chi connectivity index (χ2n) is 2.37. The molecule has 11 heavy (non-hydrogen) atoms. The molecule has 0 aromatic carbocycles. The zero-order valence-electron chi connectivity index (χ0n) is 5.97. The fourth-order valence-corrected chi connectivity index (χ4v) is 2.24. The topological polar surface area (TPSA) is 12.9 Å². The van der Waals surface area contributed by atoms with E-state index >= 15 is 0 Å². The van der Waals surface area contributed by atoms with E-state index in [2.05, 4.69) is 18.0 Å². The second-order valence-corrected chi connectivity index (χ2v) is 4.02. The summed E-state index contributed by atoms with van der Waals surface area (Å²) in [5.41, 5.74) is 0. The van der Waals surface area contributed by atoms with Crippen LogP contribution in [0.1, 0.15) is 4.88 Å². The van der Waals surface area contributed by atoms with Gasteiger partial charge in [-0.25, -0.2) is 4.98 Å². The van der Waals surface area contributed by atoms with Crippen molar-refractivity contribution in [2.75, 3.05) is 0 Å². The van der Waals surface area contributed by atoms with Crippen LogP contribution in [0.15, 0.2) is 18.3 Å². The highest BCUT2D eigenvalue weighted by molar-refractivity contribution is 7.19. The maximum atomic E-state index is 5.87. The lowest BCUT2D eigenvalue weighted by Crippen LogP contribution is -1.70. The fourth-order valence-electron chi connectivity index (χ4n) is 1.06. The van der Waals surface area contributed by atoms with E-state index in [0.717, 1.165) is 5.39 Å². The standard InChI is InChI=1S/C8H6ClNS/c1-5-4-6-7(11-5)2-3-10-8(6)9/h2-4H,1H3. The summed E-state index contributed by atoms with van der Waals surface area (Å²) in [6.07, 6.45) is 1.74. The average Bonchev–Trinajstić information content (AvgIpc) is 2.31. The molecule has 0 unspecified atom stereocenters. The van der Waals surface area contributed by atoms with Crippen LogP contribution >= 0.6 is 22.9 Å². The molecule has 0 aliphatic rings. The minimum atomic E-state index is 0.604. The highest BCUT2D eigenvalue weighted by atomic mass is 35.5. The van der Waals surface area contributed by atoms with Gasteiger partial charge in [0.15, 0.2) is 0 Å². The third-order valence-corrected chi connectivity index (χ3v) is 2.84. The third kappa shape index (κ3) is 1.12. The van der Waals surface area contributed by atoms with Crippen LogP contribution in [0.5, 0.6) is 0 Å². The van der Waals surface area contributed by atoms with Crippen LogP contribution in [0.25, 0.3) is 10.1 Å². The Morgan fingerprint density at radius 2 is 2.36 bits per heavy atom. The van der Waals surface area contributed by atoms with Gasteiger partial charge in [-0.15, -0.1) is 11.3 Å². The third-order valence-electron chi connectivity index (χ3n) is 1.52. The molecule has 2 aromatic heterocycles. The van der Waals surface area contributed by atoms with Crippen LogP contribution in [0.4, 0.5) is 0 Å². The van der Waals surface area contributed by atoms with Crippen molar-refractivity contribution < 1.29 is 0 Å². The maximum absolute atomic E-state index is 5.87. The molecule has 0 saturated heterocycles. The number of hydrogen-bond acceptors (Lipinski definition) is 2. The van der Waals surface area contributed by atoms with Crippen molar-refractivity contribution in [1.29, 1.82) is 0 Å². The average molecular weight is 184 g/mol. The van der Waals surface area contributed by atoms with Gasteiger partial charge in [0, 0.05) is 21.2 Å². The van der Waals surface area contributed by atoms with Crippen LogP contribution in [0.3, 0.4) is 0 Å². The minimum absolute atomic E-state index is 0.604. The molecule has 0 aliphatic carbocycles. The summed E-state index contributed by atoms with van der Waals surface area (Å²) in [4.78, 5) is 5.27. The Morgan fingerprint density at radius 3 is 3.09 bits per heavy atom. The molecule has 2 rings (SSSR count). The van der Waals surface area contributed by atoms with E-state index in [9.17, 15) is 0 Å². The summed E-state index contributed by atoms with van der Waals surface area (Å²) >= 11 is 7.61. The summed E-state index contributed by atoms with van der Waals surface area (Å²) in [6.45, 7) is 2.07. The number of pyridine rings is 1. The number of rotatable bonds is 0. The summed E-state index contributed by atoms with van der Waals surface area (Å²) in [5, 5.41) is 1.67. The first-order chi connectivity index (χ1) is 5.27. The minimum Gasteiger partial charge on any atom is -0.244 e. The van der Waals surface area contributed by atoms with Crippen molar-refractivity contribution in [3.05, 3.63) is 28.4 Å². The Bertz CT molecular complexity index is 394. The lowest BCUT2D eigenvalue weighted by atomic mass is 10.3. The van der Waals surface area contributed by atoms with Crippen LogP contribution in [0.2, 0.25) is 5.15 Å². The van der Waals surface area contributed by atoms with Crippen molar-refractivity contribution in [1.82, 2.24) is 4.98 Å². The maximum Gasteiger partial charge on any atom is 0.137 e. The van der Waals surface area contributed by atoms with E-state index in [1.807, 2.05) is 6.07 Å². The summed E-state index contributed by atoms with van der Waals surface area (Å²) in [6, 6.07) is 4.05. The van der Waals surface area contributed by atoms with Crippen LogP contribution in [0, 0.1) is 6.92 Å². The molecule has 0 fully saturated rings. The number of nitrogens with zero attached hydrogens (tertiary/aromatic N) is 1. The van der Waals surface area contributed by atoms with Gasteiger partial charge in [-0.3, -0.25) is 0 Å². The summed E-state index contributed by atoms with van der Waals surface area (Å²) in [5.74, 6) is 0. The van der Waals surface area contributed by atoms with Gasteiger partial charge in [0.1, 0.15) is 5.15 Å². The SMILES string of the molecule is Cc1cc2c(Cl)nccc2s1. The van der Waals surface area contributed by atoms with Crippen molar-refractivity contribution in [3.63, 3.8) is 0 Å². The highest BCUT2D eigenvalue weighted by Crippen LogP contribution is 2.28. The highest BCUT2D eigenvalue weighted by Gasteiger charge is 2.01. The van der Waals surface area contributed by atoms with Gasteiger partial charge in [-0.1, -0.05) is 11.6 Å². The van der Waals surface area contributed by atoms with Crippen molar-refractivity contribution in [2.45, 2.75) is 6.92 Å². The molecule has 2 aromatic rings. The van der Waals surface area contributed by atoms with Crippen molar-refractivity contribution in [3.8, 4) is 0 Å². The molecule has 0 radical (unpaired) electrons. The number of thiophene rings is 1. The molecule has 0 atom stereocenters. The van der Waals surface area contributed by atoms with E-state index in [0.29, 0.717) is 5.15 Å². The summed E-state index contributed by atoms with van der Waals surface area (Å²) in [7, 11) is 0. The predicted octanol–water partition coefficient (Wildman–Crippen LogP) is 3.26. The lowest BCUT2D eigenvalue weighted by Gasteiger charge is -1.88. The molecule has 0 N–H and O–H groups in total. The van der Waals surface area contributed by atoms with Gasteiger partial charge < -0.3 is 0 Å². The quantitative estimate of drug-likeness (QED) is 0.572. The molecule has 0 amide bonds. The molecule has 2 heterocycles. The monoisotopic (exact) mass is 183 g/mol. The largest absolute Gasteiger partial charge is 0.244 e. The van der Waals surface area contributed by atoms with Gasteiger partial charge in [-0.2, -0.15) is 0 Å². The molecule has 1 nitrogen and oxygen atoms in total. The molecular formula is C8H6ClNS. The predicted molar refractivity (Wildman–Crippen MR) is 49.4 cm³/mol. The Hall–Kier alpha value is -0.600. The first kappa shape index (κ1) is 7.07. The Morgan fingerprint density at radius 1 is 1.55 bits per heavy atom. The molecule has 56 valence electrons. The van der Waals surface area contributed by atoms with Gasteiger partial charge >= 0.3 is 0 Å². The number of aryl methyl sites for hydroxylation is 1. The van der Waals surface area contributed by atoms with Gasteiger partial charge in [-0.05, 0) is 19.1 Å². The number of aromatic nitrogens is 1. The molecule has 0 bridgehead atoms. The molecule has 3 heteroatoms. The Labute approximate surface area is 73.6 Å². The van der Waals surface area contributed by atoms with E-state index in [1.165, 1.54) is 9.58 Å². The molecule has 0 saturated carbocycles. The number of halogens is 1. The summed E-state index contributed by atoms with van der Waals surface area (Å²) < 4.78 is 1.21. The van der Waals surface area contributed by atoms with E-state index < -0.39 is 0 Å². The van der Waals surface area contributed by atoms with Gasteiger partial charge in [0.05, 0.1) is 0 Å². The molecule has 0 aliphatic heterocycles. The van der Waals surface area contributed by atoms with Gasteiger partial charge in [0.2, 0.25) is 0 Å². The van der Waals surface area contributed by atoms with Crippen molar-refractivity contribution in [2.24, 2.45) is 0 Å². The zero-order chi connectivity index (χ0) is 7.84. The van der Waals surface area contributed by atoms with Gasteiger partial charge in [0.25, 0.3) is 0 Å². The lowest BCUT2D eigenvalue weighted by molar-refractivity contribution is 1.37. The fraction of sp³-hybridized carbons (Fsp3) is 0.125. The zero-order valence-corrected chi connectivity index (χ0v) is 7.54. The Kier molecular flexibility index (Phi) is 1.59. The van der Waals surface area contributed by atoms with Crippen LogP contribution < -0.4 is 0 Å². The molecular weight excluding hydrogens is 178 g/mol. The van der Waals surface area contributed by atoms with E-state index in [-0.39, 0.29) is 0 Å². The van der Waals surface area contributed by atoms with E-state index in [4.69, 9.17) is 11.6 Å². The van der Waals surface area contributed by atoms with Crippen LogP contribution in [-0.2, 0) is 0 Å². The Balaban J connectivity index is 2.90. The first-order valence-corrected chi connectivity index (χ1v) is 4.47. The second kappa shape index (κ2) is 2.47. The first-order valence-electron chi connectivity index (χ1n) is 3.28. The van der Waals surface area contributed by atoms with E-state index in [1.54, 1.807) is 17.5 Å². The smallest absolute Gasteiger partial charge is 0.137 e. The number of hydrogen-bond donors (Lipinski definition) is 0. The molecule has 0 spiro atoms. The van der Waals surface area contributed by atoms with Crippen molar-refractivity contribution >= 4 is 33.0 Å². The number of fused-ring (bicyclic) bond motifs is 1.